The quantitative estimate of drug-likeness (QED) is 0.310. The summed E-state index contributed by atoms with van der Waals surface area (Å²) in [4.78, 5) is 13.4. The Kier molecular flexibility index (Phi) is 10.4. The minimum Gasteiger partial charge on any atom is -0.325 e. The van der Waals surface area contributed by atoms with E-state index in [0.717, 1.165) is 21.9 Å². The van der Waals surface area contributed by atoms with E-state index in [2.05, 4.69) is 10.0 Å². The Morgan fingerprint density at radius 3 is 2.16 bits per heavy atom. The molecule has 0 aliphatic carbocycles. The van der Waals surface area contributed by atoms with E-state index in [1.54, 1.807) is 42.5 Å². The largest absolute Gasteiger partial charge is 0.325 e. The van der Waals surface area contributed by atoms with Crippen molar-refractivity contribution in [3.8, 4) is 0 Å². The van der Waals surface area contributed by atoms with Gasteiger partial charge >= 0.3 is 0 Å². The van der Waals surface area contributed by atoms with E-state index in [0.29, 0.717) is 18.5 Å². The Bertz CT molecular complexity index is 1440. The van der Waals surface area contributed by atoms with Crippen LogP contribution in [0.2, 0.25) is 0 Å². The van der Waals surface area contributed by atoms with Crippen LogP contribution in [-0.4, -0.2) is 47.2 Å². The normalized spacial score (nSPS) is 13.0. The monoisotopic (exact) mass is 555 g/mol. The summed E-state index contributed by atoms with van der Waals surface area (Å²) in [6.07, 6.45) is 3.82. The zero-order valence-electron chi connectivity index (χ0n) is 21.4. The molecule has 3 rings (SSSR count). The number of carbonyl (C=O) groups excluding carboxylic acids is 1. The Hall–Kier alpha value is -3.31. The number of hydrogen-bond acceptors (Lipinski definition) is 5. The minimum atomic E-state index is -3.84. The number of amides is 1. The molecule has 0 radical (unpaired) electrons. The third-order valence-corrected chi connectivity index (χ3v) is 8.77. The van der Waals surface area contributed by atoms with Gasteiger partial charge in [-0.3, -0.25) is 4.79 Å². The van der Waals surface area contributed by atoms with Crippen molar-refractivity contribution in [3.63, 3.8) is 0 Å². The van der Waals surface area contributed by atoms with Gasteiger partial charge in [-0.1, -0.05) is 66.7 Å². The second-order valence-electron chi connectivity index (χ2n) is 8.96. The van der Waals surface area contributed by atoms with E-state index < -0.39 is 32.0 Å². The molecule has 0 saturated carbocycles. The lowest BCUT2D eigenvalue weighted by Gasteiger charge is -2.21. The van der Waals surface area contributed by atoms with Crippen molar-refractivity contribution in [2.45, 2.75) is 36.6 Å². The Morgan fingerprint density at radius 2 is 1.50 bits per heavy atom. The smallest absolute Gasteiger partial charge is 0.279 e. The number of anilines is 1. The summed E-state index contributed by atoms with van der Waals surface area (Å²) in [6.45, 7) is 0. The number of aryl methyl sites for hydroxylation is 1. The molecule has 202 valence electrons. The highest BCUT2D eigenvalue weighted by molar-refractivity contribution is 7.94. The van der Waals surface area contributed by atoms with Crippen molar-refractivity contribution in [3.05, 3.63) is 108 Å². The standard InChI is InChI=1S/C28H33N3O5S2/c1-31(2)38(35,36)30-27(22-24-14-6-3-7-15-24)28(32)29-25-17-12-16-23(21-25)13-8-5-11-20-37(33,34)26-18-9-4-10-19-26/h3-4,6-7,9-12,14-21,27,30H,5,8,13,22H2,1-2H3,(H,29,32). The molecule has 0 spiro atoms. The molecule has 38 heavy (non-hydrogen) atoms. The fourth-order valence-electron chi connectivity index (χ4n) is 3.66. The van der Waals surface area contributed by atoms with Crippen LogP contribution < -0.4 is 10.0 Å². The molecule has 0 bridgehead atoms. The molecule has 0 aliphatic heterocycles. The molecular formula is C28H33N3O5S2. The zero-order valence-corrected chi connectivity index (χ0v) is 23.1. The number of hydrogen-bond donors (Lipinski definition) is 2. The van der Waals surface area contributed by atoms with Crippen molar-refractivity contribution in [1.29, 1.82) is 0 Å². The molecule has 1 atom stereocenters. The van der Waals surface area contributed by atoms with Crippen molar-refractivity contribution < 1.29 is 21.6 Å². The van der Waals surface area contributed by atoms with E-state index in [-0.39, 0.29) is 11.3 Å². The van der Waals surface area contributed by atoms with Gasteiger partial charge in [-0.15, -0.1) is 0 Å². The maximum absolute atomic E-state index is 13.1. The lowest BCUT2D eigenvalue weighted by molar-refractivity contribution is -0.117. The van der Waals surface area contributed by atoms with Crippen LogP contribution in [0.3, 0.4) is 0 Å². The first-order chi connectivity index (χ1) is 18.1. The molecule has 3 aromatic carbocycles. The molecule has 1 amide bonds. The van der Waals surface area contributed by atoms with Crippen molar-refractivity contribution >= 4 is 31.6 Å². The van der Waals surface area contributed by atoms with Crippen LogP contribution in [-0.2, 0) is 37.7 Å². The highest BCUT2D eigenvalue weighted by Crippen LogP contribution is 2.16. The van der Waals surface area contributed by atoms with E-state index in [1.807, 2.05) is 48.5 Å². The Labute approximate surface area is 225 Å². The number of carbonyl (C=O) groups is 1. The summed E-state index contributed by atoms with van der Waals surface area (Å²) >= 11 is 0. The summed E-state index contributed by atoms with van der Waals surface area (Å²) in [7, 11) is -4.49. The van der Waals surface area contributed by atoms with Crippen LogP contribution in [0, 0.1) is 0 Å². The van der Waals surface area contributed by atoms with Gasteiger partial charge in [0, 0.05) is 25.2 Å². The van der Waals surface area contributed by atoms with E-state index in [4.69, 9.17) is 0 Å². The van der Waals surface area contributed by atoms with Crippen molar-refractivity contribution in [2.75, 3.05) is 19.4 Å². The van der Waals surface area contributed by atoms with E-state index in [9.17, 15) is 21.6 Å². The fraction of sp³-hybridized carbons (Fsp3) is 0.250. The predicted octanol–water partition coefficient (Wildman–Crippen LogP) is 3.94. The van der Waals surface area contributed by atoms with Gasteiger partial charge in [-0.2, -0.15) is 17.4 Å². The molecule has 0 saturated heterocycles. The second kappa shape index (κ2) is 13.5. The third-order valence-electron chi connectivity index (χ3n) is 5.75. The summed E-state index contributed by atoms with van der Waals surface area (Å²) in [6, 6.07) is 23.8. The SMILES string of the molecule is CN(C)S(=O)(=O)NC(Cc1ccccc1)C(=O)Nc1cccc(CCCC=CS(=O)(=O)c2ccccc2)c1. The van der Waals surface area contributed by atoms with Crippen LogP contribution in [0.5, 0.6) is 0 Å². The van der Waals surface area contributed by atoms with Gasteiger partial charge in [-0.05, 0) is 61.1 Å². The number of benzene rings is 3. The number of allylic oxidation sites excluding steroid dienone is 1. The van der Waals surface area contributed by atoms with E-state index in [1.165, 1.54) is 19.5 Å². The van der Waals surface area contributed by atoms with Gasteiger partial charge in [0.25, 0.3) is 10.2 Å². The van der Waals surface area contributed by atoms with Crippen LogP contribution >= 0.6 is 0 Å². The number of nitrogens with one attached hydrogen (secondary N) is 2. The van der Waals surface area contributed by atoms with E-state index >= 15 is 0 Å². The molecule has 8 nitrogen and oxygen atoms in total. The first-order valence-corrected chi connectivity index (χ1v) is 15.2. The topological polar surface area (TPSA) is 113 Å². The molecule has 1 unspecified atom stereocenters. The Balaban J connectivity index is 1.61. The van der Waals surface area contributed by atoms with Gasteiger partial charge < -0.3 is 5.32 Å². The number of nitrogens with zero attached hydrogens (tertiary/aromatic N) is 1. The average molecular weight is 556 g/mol. The molecule has 10 heteroatoms. The van der Waals surface area contributed by atoms with Gasteiger partial charge in [-0.25, -0.2) is 8.42 Å². The number of rotatable bonds is 13. The molecule has 3 aromatic rings. The van der Waals surface area contributed by atoms with Crippen LogP contribution in [0.1, 0.15) is 24.0 Å². The molecular weight excluding hydrogens is 522 g/mol. The van der Waals surface area contributed by atoms with Gasteiger partial charge in [0.2, 0.25) is 5.91 Å². The Morgan fingerprint density at radius 1 is 0.868 bits per heavy atom. The van der Waals surface area contributed by atoms with Crippen molar-refractivity contribution in [2.24, 2.45) is 0 Å². The molecule has 0 fully saturated rings. The zero-order chi connectivity index (χ0) is 27.6. The highest BCUT2D eigenvalue weighted by atomic mass is 32.2. The lowest BCUT2D eigenvalue weighted by Crippen LogP contribution is -2.49. The third kappa shape index (κ3) is 8.91. The van der Waals surface area contributed by atoms with Crippen LogP contribution in [0.15, 0.2) is 101 Å². The fourth-order valence-corrected chi connectivity index (χ4v) is 5.51. The first kappa shape index (κ1) is 29.2. The van der Waals surface area contributed by atoms with Gasteiger partial charge in [0.15, 0.2) is 9.84 Å². The molecule has 0 heterocycles. The maximum atomic E-state index is 13.1. The highest BCUT2D eigenvalue weighted by Gasteiger charge is 2.26. The molecule has 0 aliphatic rings. The lowest BCUT2D eigenvalue weighted by atomic mass is 10.1. The maximum Gasteiger partial charge on any atom is 0.279 e. The summed E-state index contributed by atoms with van der Waals surface area (Å²) < 4.78 is 53.1. The minimum absolute atomic E-state index is 0.192. The summed E-state index contributed by atoms with van der Waals surface area (Å²) in [5.41, 5.74) is 2.34. The van der Waals surface area contributed by atoms with Crippen LogP contribution in [0.25, 0.3) is 0 Å². The number of unbranched alkanes of at least 4 members (excludes halogenated alkanes) is 1. The van der Waals surface area contributed by atoms with Crippen molar-refractivity contribution in [1.82, 2.24) is 9.03 Å². The first-order valence-electron chi connectivity index (χ1n) is 12.2. The predicted molar refractivity (Wildman–Crippen MR) is 150 cm³/mol. The summed E-state index contributed by atoms with van der Waals surface area (Å²) in [5.74, 6) is -0.467. The summed E-state index contributed by atoms with van der Waals surface area (Å²) in [5, 5.41) is 4.06. The second-order valence-corrected chi connectivity index (χ2v) is 12.7. The molecule has 0 aromatic heterocycles. The average Bonchev–Trinajstić information content (AvgIpc) is 2.89. The van der Waals surface area contributed by atoms with Gasteiger partial charge in [0.1, 0.15) is 6.04 Å². The number of sulfone groups is 1. The van der Waals surface area contributed by atoms with Gasteiger partial charge in [0.05, 0.1) is 4.90 Å². The molecule has 2 N–H and O–H groups in total. The van der Waals surface area contributed by atoms with Crippen LogP contribution in [0.4, 0.5) is 5.69 Å².